The minimum atomic E-state index is -0.613. The van der Waals surface area contributed by atoms with Crippen molar-refractivity contribution in [3.8, 4) is 10.7 Å². The molecule has 2 aromatic heterocycles. The predicted octanol–water partition coefficient (Wildman–Crippen LogP) is 4.03. The van der Waals surface area contributed by atoms with Gasteiger partial charge in [0, 0.05) is 5.69 Å². The van der Waals surface area contributed by atoms with E-state index in [0.29, 0.717) is 22.2 Å². The van der Waals surface area contributed by atoms with Crippen molar-refractivity contribution >= 4 is 40.7 Å². The van der Waals surface area contributed by atoms with E-state index in [1.807, 2.05) is 42.0 Å². The molecule has 0 unspecified atom stereocenters. The van der Waals surface area contributed by atoms with Gasteiger partial charge < -0.3 is 10.1 Å². The van der Waals surface area contributed by atoms with E-state index in [-0.39, 0.29) is 12.2 Å². The zero-order valence-electron chi connectivity index (χ0n) is 14.8. The van der Waals surface area contributed by atoms with Crippen LogP contribution in [-0.2, 0) is 9.53 Å². The SMILES string of the molecule is CSc1nc(-c2cccs2)nc(C)c1C(=O)OCC(=O)Nc1ccccc1. The maximum atomic E-state index is 12.5. The fourth-order valence-corrected chi connectivity index (χ4v) is 3.64. The van der Waals surface area contributed by atoms with Gasteiger partial charge in [-0.05, 0) is 36.8 Å². The first-order valence-corrected chi connectivity index (χ1v) is 10.2. The number of aryl methyl sites for hydroxylation is 1. The van der Waals surface area contributed by atoms with Crippen molar-refractivity contribution < 1.29 is 14.3 Å². The Morgan fingerprint density at radius 1 is 1.15 bits per heavy atom. The maximum Gasteiger partial charge on any atom is 0.343 e. The van der Waals surface area contributed by atoms with Crippen LogP contribution in [0.15, 0.2) is 52.9 Å². The summed E-state index contributed by atoms with van der Waals surface area (Å²) in [7, 11) is 0. The van der Waals surface area contributed by atoms with Crippen LogP contribution in [0.3, 0.4) is 0 Å². The highest BCUT2D eigenvalue weighted by Crippen LogP contribution is 2.27. The first-order valence-electron chi connectivity index (χ1n) is 8.07. The van der Waals surface area contributed by atoms with Crippen molar-refractivity contribution in [2.75, 3.05) is 18.2 Å². The average Bonchev–Trinajstić information content (AvgIpc) is 3.21. The number of anilines is 1. The predicted molar refractivity (Wildman–Crippen MR) is 107 cm³/mol. The number of esters is 1. The van der Waals surface area contributed by atoms with Gasteiger partial charge >= 0.3 is 5.97 Å². The number of hydrogen-bond donors (Lipinski definition) is 1. The van der Waals surface area contributed by atoms with Gasteiger partial charge in [0.15, 0.2) is 12.4 Å². The number of carbonyl (C=O) groups is 2. The normalized spacial score (nSPS) is 10.4. The molecule has 0 saturated heterocycles. The molecular formula is C19H17N3O3S2. The highest BCUT2D eigenvalue weighted by atomic mass is 32.2. The van der Waals surface area contributed by atoms with E-state index in [0.717, 1.165) is 4.88 Å². The number of aromatic nitrogens is 2. The Kier molecular flexibility index (Phi) is 6.20. The lowest BCUT2D eigenvalue weighted by Crippen LogP contribution is -2.22. The number of benzene rings is 1. The van der Waals surface area contributed by atoms with E-state index in [2.05, 4.69) is 15.3 Å². The molecule has 0 radical (unpaired) electrons. The number of rotatable bonds is 6. The van der Waals surface area contributed by atoms with Crippen LogP contribution in [0, 0.1) is 6.92 Å². The number of hydrogen-bond acceptors (Lipinski definition) is 7. The van der Waals surface area contributed by atoms with Crippen LogP contribution in [0.5, 0.6) is 0 Å². The molecular weight excluding hydrogens is 382 g/mol. The van der Waals surface area contributed by atoms with Crippen molar-refractivity contribution in [3.05, 3.63) is 59.1 Å². The lowest BCUT2D eigenvalue weighted by molar-refractivity contribution is -0.119. The van der Waals surface area contributed by atoms with E-state index in [4.69, 9.17) is 4.74 Å². The molecule has 1 N–H and O–H groups in total. The van der Waals surface area contributed by atoms with Gasteiger partial charge in [-0.3, -0.25) is 4.79 Å². The Labute approximate surface area is 165 Å². The van der Waals surface area contributed by atoms with Crippen LogP contribution in [0.25, 0.3) is 10.7 Å². The number of carbonyl (C=O) groups excluding carboxylic acids is 2. The molecule has 27 heavy (non-hydrogen) atoms. The minimum Gasteiger partial charge on any atom is -0.452 e. The number of nitrogens with one attached hydrogen (secondary N) is 1. The van der Waals surface area contributed by atoms with Gasteiger partial charge in [-0.1, -0.05) is 24.3 Å². The summed E-state index contributed by atoms with van der Waals surface area (Å²) in [5.41, 5.74) is 1.45. The number of ether oxygens (including phenoxy) is 1. The third-order valence-electron chi connectivity index (χ3n) is 3.59. The Bertz CT molecular complexity index is 944. The Balaban J connectivity index is 1.71. The van der Waals surface area contributed by atoms with Gasteiger partial charge in [0.05, 0.1) is 10.6 Å². The molecule has 138 valence electrons. The van der Waals surface area contributed by atoms with E-state index in [1.165, 1.54) is 23.1 Å². The molecule has 0 aliphatic heterocycles. The van der Waals surface area contributed by atoms with Gasteiger partial charge in [0.2, 0.25) is 0 Å². The lowest BCUT2D eigenvalue weighted by atomic mass is 10.2. The molecule has 1 amide bonds. The quantitative estimate of drug-likeness (QED) is 0.383. The summed E-state index contributed by atoms with van der Waals surface area (Å²) >= 11 is 2.87. The molecule has 2 heterocycles. The second-order valence-electron chi connectivity index (χ2n) is 5.48. The molecule has 0 spiro atoms. The fraction of sp³-hybridized carbons (Fsp3) is 0.158. The highest BCUT2D eigenvalue weighted by Gasteiger charge is 2.21. The zero-order chi connectivity index (χ0) is 19.2. The number of nitrogens with zero attached hydrogens (tertiary/aromatic N) is 2. The highest BCUT2D eigenvalue weighted by molar-refractivity contribution is 7.98. The largest absolute Gasteiger partial charge is 0.452 e. The van der Waals surface area contributed by atoms with E-state index in [1.54, 1.807) is 19.1 Å². The van der Waals surface area contributed by atoms with E-state index in [9.17, 15) is 9.59 Å². The monoisotopic (exact) mass is 399 g/mol. The molecule has 0 fully saturated rings. The third kappa shape index (κ3) is 4.72. The third-order valence-corrected chi connectivity index (χ3v) is 5.14. The minimum absolute atomic E-state index is 0.287. The first-order chi connectivity index (χ1) is 13.1. The maximum absolute atomic E-state index is 12.5. The van der Waals surface area contributed by atoms with Gasteiger partial charge in [0.25, 0.3) is 5.91 Å². The Hall–Kier alpha value is -2.71. The van der Waals surface area contributed by atoms with Crippen molar-refractivity contribution in [1.29, 1.82) is 0 Å². The number of thioether (sulfide) groups is 1. The Morgan fingerprint density at radius 2 is 1.93 bits per heavy atom. The second kappa shape index (κ2) is 8.79. The van der Waals surface area contributed by atoms with Crippen molar-refractivity contribution in [1.82, 2.24) is 9.97 Å². The molecule has 0 bridgehead atoms. The van der Waals surface area contributed by atoms with Gasteiger partial charge in [-0.15, -0.1) is 23.1 Å². The van der Waals surface area contributed by atoms with Crippen LogP contribution in [0.1, 0.15) is 16.1 Å². The summed E-state index contributed by atoms with van der Waals surface area (Å²) in [5.74, 6) is -0.447. The van der Waals surface area contributed by atoms with Crippen LogP contribution in [0.4, 0.5) is 5.69 Å². The van der Waals surface area contributed by atoms with Gasteiger partial charge in [-0.2, -0.15) is 0 Å². The smallest absolute Gasteiger partial charge is 0.343 e. The summed E-state index contributed by atoms with van der Waals surface area (Å²) < 4.78 is 5.17. The lowest BCUT2D eigenvalue weighted by Gasteiger charge is -2.11. The number of amides is 1. The molecule has 0 aliphatic carbocycles. The molecule has 3 rings (SSSR count). The second-order valence-corrected chi connectivity index (χ2v) is 7.23. The van der Waals surface area contributed by atoms with Gasteiger partial charge in [-0.25, -0.2) is 14.8 Å². The molecule has 0 aliphatic rings. The average molecular weight is 399 g/mol. The van der Waals surface area contributed by atoms with Gasteiger partial charge in [0.1, 0.15) is 10.6 Å². The number of thiophene rings is 1. The van der Waals surface area contributed by atoms with Crippen molar-refractivity contribution in [2.24, 2.45) is 0 Å². The molecule has 8 heteroatoms. The topological polar surface area (TPSA) is 81.2 Å². The number of para-hydroxylation sites is 1. The van der Waals surface area contributed by atoms with Crippen molar-refractivity contribution in [3.63, 3.8) is 0 Å². The van der Waals surface area contributed by atoms with Crippen LogP contribution in [0.2, 0.25) is 0 Å². The van der Waals surface area contributed by atoms with Crippen molar-refractivity contribution in [2.45, 2.75) is 11.9 Å². The molecule has 0 atom stereocenters. The van der Waals surface area contributed by atoms with E-state index >= 15 is 0 Å². The Morgan fingerprint density at radius 3 is 2.59 bits per heavy atom. The summed E-state index contributed by atoms with van der Waals surface area (Å²) in [5, 5.41) is 5.14. The zero-order valence-corrected chi connectivity index (χ0v) is 16.4. The summed E-state index contributed by atoms with van der Waals surface area (Å²) in [4.78, 5) is 34.3. The summed E-state index contributed by atoms with van der Waals surface area (Å²) in [6, 6.07) is 12.8. The van der Waals surface area contributed by atoms with Crippen LogP contribution in [-0.4, -0.2) is 34.7 Å². The molecule has 1 aromatic carbocycles. The molecule has 3 aromatic rings. The summed E-state index contributed by atoms with van der Waals surface area (Å²) in [6.45, 7) is 1.35. The molecule has 6 nitrogen and oxygen atoms in total. The summed E-state index contributed by atoms with van der Waals surface area (Å²) in [6.07, 6.45) is 1.83. The van der Waals surface area contributed by atoms with E-state index < -0.39 is 11.9 Å². The van der Waals surface area contributed by atoms with Crippen LogP contribution >= 0.6 is 23.1 Å². The standard InChI is InChI=1S/C19H17N3O3S2/c1-12-16(18(26-2)22-17(20-12)14-9-6-10-27-14)19(24)25-11-15(23)21-13-7-4-3-5-8-13/h3-10H,11H2,1-2H3,(H,21,23). The first kappa shape index (κ1) is 19.1. The fourth-order valence-electron chi connectivity index (χ4n) is 2.37. The van der Waals surface area contributed by atoms with Crippen LogP contribution < -0.4 is 5.32 Å². The molecule has 0 saturated carbocycles.